The van der Waals surface area contributed by atoms with Gasteiger partial charge < -0.3 is 19.3 Å². The van der Waals surface area contributed by atoms with Crippen LogP contribution in [0.15, 0.2) is 22.6 Å². The molecule has 2 saturated heterocycles. The number of aryl methyl sites for hydroxylation is 2. The minimum atomic E-state index is -0.944. The number of carboxylic acids is 1. The molecule has 3 heterocycles. The van der Waals surface area contributed by atoms with Gasteiger partial charge in [-0.1, -0.05) is 12.1 Å². The Kier molecular flexibility index (Phi) is 4.21. The van der Waals surface area contributed by atoms with Crippen LogP contribution in [0.25, 0.3) is 11.0 Å². The standard InChI is InChI=1S/C21H24N2O5/c1-12-4-5-14-13(2)18(28-16(14)10-12)19(25)23-8-6-21(7-9-23)15(20(26)27)11-17(24)22(21)3/h4-5,10,15H,6-9,11H2,1-3H3,(H,26,27)/t15-/m1/s1. The maximum absolute atomic E-state index is 13.1. The van der Waals surface area contributed by atoms with Crippen molar-refractivity contribution in [3.63, 3.8) is 0 Å². The maximum atomic E-state index is 13.1. The Labute approximate surface area is 162 Å². The van der Waals surface area contributed by atoms with Crippen LogP contribution >= 0.6 is 0 Å². The maximum Gasteiger partial charge on any atom is 0.309 e. The fourth-order valence-corrected chi connectivity index (χ4v) is 4.76. The third kappa shape index (κ3) is 2.60. The third-order valence-electron chi connectivity index (χ3n) is 6.57. The van der Waals surface area contributed by atoms with Crippen molar-refractivity contribution in [1.82, 2.24) is 9.80 Å². The topological polar surface area (TPSA) is 91.1 Å². The minimum Gasteiger partial charge on any atom is -0.481 e. The van der Waals surface area contributed by atoms with Gasteiger partial charge in [0.2, 0.25) is 5.91 Å². The van der Waals surface area contributed by atoms with E-state index in [0.29, 0.717) is 37.3 Å². The predicted molar refractivity (Wildman–Crippen MR) is 102 cm³/mol. The molecule has 0 radical (unpaired) electrons. The molecular formula is C21H24N2O5. The molecule has 148 valence electrons. The lowest BCUT2D eigenvalue weighted by molar-refractivity contribution is -0.145. The molecule has 2 aliphatic rings. The molecule has 1 aromatic carbocycles. The fourth-order valence-electron chi connectivity index (χ4n) is 4.76. The molecule has 2 amide bonds. The number of carboxylic acid groups (broad SMARTS) is 1. The van der Waals surface area contributed by atoms with E-state index in [9.17, 15) is 19.5 Å². The monoisotopic (exact) mass is 384 g/mol. The number of likely N-dealkylation sites (tertiary alicyclic amines) is 2. The summed E-state index contributed by atoms with van der Waals surface area (Å²) >= 11 is 0. The van der Waals surface area contributed by atoms with Crippen molar-refractivity contribution in [3.05, 3.63) is 35.1 Å². The van der Waals surface area contributed by atoms with E-state index in [1.54, 1.807) is 16.8 Å². The van der Waals surface area contributed by atoms with Gasteiger partial charge in [-0.25, -0.2) is 0 Å². The second-order valence-electron chi connectivity index (χ2n) is 8.00. The van der Waals surface area contributed by atoms with Crippen LogP contribution in [0.5, 0.6) is 0 Å². The molecule has 2 aliphatic heterocycles. The Morgan fingerprint density at radius 3 is 2.54 bits per heavy atom. The van der Waals surface area contributed by atoms with Crippen molar-refractivity contribution < 1.29 is 23.9 Å². The quantitative estimate of drug-likeness (QED) is 0.859. The molecule has 7 nitrogen and oxygen atoms in total. The molecule has 1 spiro atoms. The summed E-state index contributed by atoms with van der Waals surface area (Å²) in [4.78, 5) is 40.2. The molecule has 1 N–H and O–H groups in total. The van der Waals surface area contributed by atoms with Gasteiger partial charge in [0.25, 0.3) is 5.91 Å². The van der Waals surface area contributed by atoms with Crippen molar-refractivity contribution in [3.8, 4) is 0 Å². The summed E-state index contributed by atoms with van der Waals surface area (Å²) in [5.41, 5.74) is 1.87. The predicted octanol–water partition coefficient (Wildman–Crippen LogP) is 2.59. The molecule has 1 atom stereocenters. The van der Waals surface area contributed by atoms with E-state index in [1.807, 2.05) is 32.0 Å². The number of amides is 2. The molecule has 2 aromatic rings. The first-order valence-electron chi connectivity index (χ1n) is 9.53. The molecule has 2 fully saturated rings. The third-order valence-corrected chi connectivity index (χ3v) is 6.57. The largest absolute Gasteiger partial charge is 0.481 e. The van der Waals surface area contributed by atoms with Crippen molar-refractivity contribution >= 4 is 28.8 Å². The number of rotatable bonds is 2. The Morgan fingerprint density at radius 2 is 1.89 bits per heavy atom. The van der Waals surface area contributed by atoms with Crippen LogP contribution in [0, 0.1) is 19.8 Å². The number of aliphatic carboxylic acids is 1. The summed E-state index contributed by atoms with van der Waals surface area (Å²) in [5.74, 6) is -1.66. The van der Waals surface area contributed by atoms with E-state index in [2.05, 4.69) is 0 Å². The lowest BCUT2D eigenvalue weighted by Crippen LogP contribution is -2.57. The average molecular weight is 384 g/mol. The van der Waals surface area contributed by atoms with Crippen LogP contribution in [-0.4, -0.2) is 58.4 Å². The Bertz CT molecular complexity index is 984. The molecule has 7 heteroatoms. The summed E-state index contributed by atoms with van der Waals surface area (Å²) < 4.78 is 5.86. The number of hydrogen-bond acceptors (Lipinski definition) is 4. The lowest BCUT2D eigenvalue weighted by Gasteiger charge is -2.45. The van der Waals surface area contributed by atoms with Gasteiger partial charge in [0.05, 0.1) is 11.5 Å². The molecule has 28 heavy (non-hydrogen) atoms. The zero-order valence-corrected chi connectivity index (χ0v) is 16.3. The van der Waals surface area contributed by atoms with Crippen LogP contribution in [0.2, 0.25) is 0 Å². The van der Waals surface area contributed by atoms with Gasteiger partial charge in [-0.3, -0.25) is 14.4 Å². The summed E-state index contributed by atoms with van der Waals surface area (Å²) in [7, 11) is 1.68. The van der Waals surface area contributed by atoms with Crippen LogP contribution in [0.3, 0.4) is 0 Å². The van der Waals surface area contributed by atoms with Crippen molar-refractivity contribution in [1.29, 1.82) is 0 Å². The second-order valence-corrected chi connectivity index (χ2v) is 8.00. The van der Waals surface area contributed by atoms with Gasteiger partial charge in [0, 0.05) is 37.5 Å². The summed E-state index contributed by atoms with van der Waals surface area (Å²) in [6, 6.07) is 5.87. The fraction of sp³-hybridized carbons (Fsp3) is 0.476. The van der Waals surface area contributed by atoms with Crippen LogP contribution in [0.1, 0.15) is 40.9 Å². The summed E-state index contributed by atoms with van der Waals surface area (Å²) in [6.07, 6.45) is 0.939. The Morgan fingerprint density at radius 1 is 1.21 bits per heavy atom. The number of benzene rings is 1. The highest BCUT2D eigenvalue weighted by Crippen LogP contribution is 2.43. The molecule has 1 aromatic heterocycles. The molecule has 0 saturated carbocycles. The highest BCUT2D eigenvalue weighted by atomic mass is 16.4. The highest BCUT2D eigenvalue weighted by Gasteiger charge is 2.55. The molecule has 0 aliphatic carbocycles. The van der Waals surface area contributed by atoms with Gasteiger partial charge in [-0.05, 0) is 38.3 Å². The highest BCUT2D eigenvalue weighted by molar-refractivity contribution is 5.99. The Balaban J connectivity index is 1.57. The van der Waals surface area contributed by atoms with E-state index in [1.165, 1.54) is 0 Å². The first kappa shape index (κ1) is 18.5. The summed E-state index contributed by atoms with van der Waals surface area (Å²) in [6.45, 7) is 4.65. The van der Waals surface area contributed by atoms with Gasteiger partial charge >= 0.3 is 5.97 Å². The van der Waals surface area contributed by atoms with E-state index >= 15 is 0 Å². The normalized spacial score (nSPS) is 21.7. The molecule has 4 rings (SSSR count). The van der Waals surface area contributed by atoms with E-state index < -0.39 is 17.4 Å². The van der Waals surface area contributed by atoms with Gasteiger partial charge in [0.15, 0.2) is 5.76 Å². The van der Waals surface area contributed by atoms with Crippen LogP contribution < -0.4 is 0 Å². The van der Waals surface area contributed by atoms with E-state index in [0.717, 1.165) is 16.5 Å². The minimum absolute atomic E-state index is 0.0296. The average Bonchev–Trinajstić information content (AvgIpc) is 3.11. The van der Waals surface area contributed by atoms with Crippen LogP contribution in [0.4, 0.5) is 0 Å². The van der Waals surface area contributed by atoms with Gasteiger partial charge in [0.1, 0.15) is 5.58 Å². The zero-order valence-electron chi connectivity index (χ0n) is 16.3. The molecule has 0 unspecified atom stereocenters. The van der Waals surface area contributed by atoms with Crippen LogP contribution in [-0.2, 0) is 9.59 Å². The van der Waals surface area contributed by atoms with E-state index in [-0.39, 0.29) is 18.2 Å². The first-order valence-corrected chi connectivity index (χ1v) is 9.53. The lowest BCUT2D eigenvalue weighted by atomic mass is 9.77. The van der Waals surface area contributed by atoms with Gasteiger partial charge in [-0.15, -0.1) is 0 Å². The zero-order chi connectivity index (χ0) is 20.2. The molecular weight excluding hydrogens is 360 g/mol. The van der Waals surface area contributed by atoms with Crippen molar-refractivity contribution in [2.45, 2.75) is 38.6 Å². The molecule has 0 bridgehead atoms. The number of carbonyl (C=O) groups excluding carboxylic acids is 2. The Hall–Kier alpha value is -2.83. The van der Waals surface area contributed by atoms with E-state index in [4.69, 9.17) is 4.42 Å². The number of carbonyl (C=O) groups is 3. The first-order chi connectivity index (χ1) is 13.2. The van der Waals surface area contributed by atoms with Gasteiger partial charge in [-0.2, -0.15) is 0 Å². The number of furan rings is 1. The number of piperidine rings is 1. The number of hydrogen-bond donors (Lipinski definition) is 1. The number of fused-ring (bicyclic) bond motifs is 1. The van der Waals surface area contributed by atoms with Crippen molar-refractivity contribution in [2.24, 2.45) is 5.92 Å². The second kappa shape index (κ2) is 6.36. The SMILES string of the molecule is Cc1ccc2c(C)c(C(=O)N3CCC4(CC3)[C@@H](C(=O)O)CC(=O)N4C)oc2c1. The van der Waals surface area contributed by atoms with Crippen molar-refractivity contribution in [2.75, 3.05) is 20.1 Å². The smallest absolute Gasteiger partial charge is 0.309 e. The summed E-state index contributed by atoms with van der Waals surface area (Å²) in [5, 5.41) is 10.5. The number of nitrogens with zero attached hydrogens (tertiary/aromatic N) is 2.